The molecular weight excluding hydrogens is 348 g/mol. The van der Waals surface area contributed by atoms with E-state index in [1.54, 1.807) is 24.3 Å². The van der Waals surface area contributed by atoms with Gasteiger partial charge in [-0.1, -0.05) is 41.9 Å². The number of ether oxygens (including phenoxy) is 1. The quantitative estimate of drug-likeness (QED) is 0.836. The second kappa shape index (κ2) is 9.06. The van der Waals surface area contributed by atoms with Crippen LogP contribution < -0.4 is 10.1 Å². The highest BCUT2D eigenvalue weighted by molar-refractivity contribution is 6.30. The minimum Gasteiger partial charge on any atom is -0.484 e. The monoisotopic (exact) mass is 372 g/mol. The molecule has 0 bridgehead atoms. The smallest absolute Gasteiger partial charge is 0.258 e. The largest absolute Gasteiger partial charge is 0.484 e. The van der Waals surface area contributed by atoms with Crippen LogP contribution >= 0.6 is 11.6 Å². The molecule has 0 unspecified atom stereocenters. The molecule has 3 rings (SSSR count). The summed E-state index contributed by atoms with van der Waals surface area (Å²) < 4.78 is 5.51. The Balaban J connectivity index is 1.42. The van der Waals surface area contributed by atoms with E-state index < -0.39 is 0 Å². The molecule has 5 heteroatoms. The average molecular weight is 373 g/mol. The first-order chi connectivity index (χ1) is 12.6. The first-order valence-corrected chi connectivity index (χ1v) is 9.43. The van der Waals surface area contributed by atoms with Crippen LogP contribution in [0.2, 0.25) is 5.02 Å². The highest BCUT2D eigenvalue weighted by Gasteiger charge is 2.26. The van der Waals surface area contributed by atoms with E-state index in [2.05, 4.69) is 41.4 Å². The van der Waals surface area contributed by atoms with Gasteiger partial charge in [0.05, 0.1) is 0 Å². The van der Waals surface area contributed by atoms with Gasteiger partial charge in [-0.15, -0.1) is 0 Å². The van der Waals surface area contributed by atoms with Crippen LogP contribution in [0.5, 0.6) is 5.75 Å². The number of nitrogens with one attached hydrogen (secondary N) is 1. The Labute approximate surface area is 160 Å². The molecule has 0 saturated carbocycles. The third-order valence-electron chi connectivity index (χ3n) is 4.79. The number of carbonyl (C=O) groups is 1. The maximum Gasteiger partial charge on any atom is 0.258 e. The number of nitrogens with zero attached hydrogens (tertiary/aromatic N) is 1. The van der Waals surface area contributed by atoms with Crippen molar-refractivity contribution in [3.05, 3.63) is 65.2 Å². The maximum absolute atomic E-state index is 12.2. The fraction of sp³-hybridized carbons (Fsp3) is 0.381. The van der Waals surface area contributed by atoms with Gasteiger partial charge in [-0.3, -0.25) is 9.69 Å². The summed E-state index contributed by atoms with van der Waals surface area (Å²) in [5, 5.41) is 3.75. The van der Waals surface area contributed by atoms with Gasteiger partial charge in [0.2, 0.25) is 0 Å². The molecule has 0 spiro atoms. The summed E-state index contributed by atoms with van der Waals surface area (Å²) in [5.41, 5.74) is 1.33. The second-order valence-corrected chi connectivity index (χ2v) is 7.27. The van der Waals surface area contributed by atoms with E-state index in [9.17, 15) is 4.79 Å². The van der Waals surface area contributed by atoms with Crippen molar-refractivity contribution in [1.29, 1.82) is 0 Å². The molecular formula is C21H25ClN2O2. The number of hydrogen-bond donors (Lipinski definition) is 1. The summed E-state index contributed by atoms with van der Waals surface area (Å²) in [6.07, 6.45) is 1.92. The zero-order chi connectivity index (χ0) is 18.4. The lowest BCUT2D eigenvalue weighted by atomic mass is 9.97. The fourth-order valence-electron chi connectivity index (χ4n) is 3.35. The number of likely N-dealkylation sites (tertiary alicyclic amines) is 1. The van der Waals surface area contributed by atoms with Gasteiger partial charge < -0.3 is 10.1 Å². The summed E-state index contributed by atoms with van der Waals surface area (Å²) in [7, 11) is 0. The van der Waals surface area contributed by atoms with E-state index in [0.29, 0.717) is 16.8 Å². The van der Waals surface area contributed by atoms with E-state index in [0.717, 1.165) is 25.9 Å². The van der Waals surface area contributed by atoms with Gasteiger partial charge in [0.1, 0.15) is 5.75 Å². The molecule has 1 aliphatic heterocycles. The Hall–Kier alpha value is -2.04. The fourth-order valence-corrected chi connectivity index (χ4v) is 3.48. The molecule has 2 aromatic carbocycles. The lowest BCUT2D eigenvalue weighted by Crippen LogP contribution is -2.49. The summed E-state index contributed by atoms with van der Waals surface area (Å²) >= 11 is 5.84. The van der Waals surface area contributed by atoms with Crippen molar-refractivity contribution in [1.82, 2.24) is 10.2 Å². The molecule has 1 N–H and O–H groups in total. The summed E-state index contributed by atoms with van der Waals surface area (Å²) in [6.45, 7) is 4.20. The van der Waals surface area contributed by atoms with E-state index in [1.807, 2.05) is 6.07 Å². The van der Waals surface area contributed by atoms with Crippen LogP contribution in [0, 0.1) is 0 Å². The van der Waals surface area contributed by atoms with Gasteiger partial charge in [0.15, 0.2) is 6.61 Å². The number of carbonyl (C=O) groups excluding carboxylic acids is 1. The molecule has 1 amide bonds. The maximum atomic E-state index is 12.2. The van der Waals surface area contributed by atoms with Crippen molar-refractivity contribution in [3.8, 4) is 5.75 Å². The Morgan fingerprint density at radius 2 is 1.92 bits per heavy atom. The summed E-state index contributed by atoms with van der Waals surface area (Å²) in [4.78, 5) is 14.6. The molecule has 1 aliphatic rings. The van der Waals surface area contributed by atoms with Gasteiger partial charge in [-0.25, -0.2) is 0 Å². The van der Waals surface area contributed by atoms with Crippen LogP contribution in [-0.4, -0.2) is 36.0 Å². The van der Waals surface area contributed by atoms with Crippen LogP contribution in [0.15, 0.2) is 54.6 Å². The van der Waals surface area contributed by atoms with Crippen molar-refractivity contribution in [2.45, 2.75) is 38.4 Å². The van der Waals surface area contributed by atoms with Gasteiger partial charge in [-0.2, -0.15) is 0 Å². The zero-order valence-corrected chi connectivity index (χ0v) is 15.8. The Morgan fingerprint density at radius 1 is 1.19 bits per heavy atom. The standard InChI is InChI=1S/C21H25ClN2O2/c1-16-13-19(11-12-24(16)14-17-5-3-2-4-6-17)23-21(25)15-26-20-9-7-18(22)8-10-20/h2-10,16,19H,11-15H2,1H3,(H,23,25)/t16-,19+/m1/s1. The highest BCUT2D eigenvalue weighted by Crippen LogP contribution is 2.20. The Kier molecular flexibility index (Phi) is 6.53. The van der Waals surface area contributed by atoms with E-state index in [4.69, 9.17) is 16.3 Å². The van der Waals surface area contributed by atoms with Crippen LogP contribution in [0.3, 0.4) is 0 Å². The Bertz CT molecular complexity index is 706. The average Bonchev–Trinajstić information content (AvgIpc) is 2.64. The predicted molar refractivity (Wildman–Crippen MR) is 104 cm³/mol. The van der Waals surface area contributed by atoms with Gasteiger partial charge >= 0.3 is 0 Å². The molecule has 1 saturated heterocycles. The van der Waals surface area contributed by atoms with Crippen LogP contribution in [-0.2, 0) is 11.3 Å². The van der Waals surface area contributed by atoms with E-state index >= 15 is 0 Å². The number of piperidine rings is 1. The van der Waals surface area contributed by atoms with Crippen molar-refractivity contribution in [2.75, 3.05) is 13.2 Å². The SMILES string of the molecule is C[C@@H]1C[C@@H](NC(=O)COc2ccc(Cl)cc2)CCN1Cc1ccccc1. The molecule has 2 aromatic rings. The third-order valence-corrected chi connectivity index (χ3v) is 5.04. The predicted octanol–water partition coefficient (Wildman–Crippen LogP) is 3.89. The first kappa shape index (κ1) is 18.7. The van der Waals surface area contributed by atoms with Crippen molar-refractivity contribution < 1.29 is 9.53 Å². The minimum absolute atomic E-state index is 0.0280. The van der Waals surface area contributed by atoms with Crippen LogP contribution in [0.1, 0.15) is 25.3 Å². The second-order valence-electron chi connectivity index (χ2n) is 6.84. The normalized spacial score (nSPS) is 20.5. The minimum atomic E-state index is -0.0753. The molecule has 1 fully saturated rings. The molecule has 0 radical (unpaired) electrons. The topological polar surface area (TPSA) is 41.6 Å². The third kappa shape index (κ3) is 5.48. The van der Waals surface area contributed by atoms with Crippen molar-refractivity contribution >= 4 is 17.5 Å². The van der Waals surface area contributed by atoms with Crippen LogP contribution in [0.25, 0.3) is 0 Å². The number of rotatable bonds is 6. The number of amides is 1. The van der Waals surface area contributed by atoms with Gasteiger partial charge in [0.25, 0.3) is 5.91 Å². The lowest BCUT2D eigenvalue weighted by molar-refractivity contribution is -0.124. The van der Waals surface area contributed by atoms with Gasteiger partial charge in [0, 0.05) is 30.2 Å². The number of benzene rings is 2. The van der Waals surface area contributed by atoms with Gasteiger partial charge in [-0.05, 0) is 49.6 Å². The van der Waals surface area contributed by atoms with Crippen molar-refractivity contribution in [3.63, 3.8) is 0 Å². The lowest BCUT2D eigenvalue weighted by Gasteiger charge is -2.38. The number of halogens is 1. The highest BCUT2D eigenvalue weighted by atomic mass is 35.5. The molecule has 0 aliphatic carbocycles. The molecule has 26 heavy (non-hydrogen) atoms. The molecule has 138 valence electrons. The molecule has 0 aromatic heterocycles. The summed E-state index contributed by atoms with van der Waals surface area (Å²) in [6, 6.07) is 18.2. The van der Waals surface area contributed by atoms with E-state index in [-0.39, 0.29) is 18.6 Å². The molecule has 1 heterocycles. The molecule has 2 atom stereocenters. The zero-order valence-electron chi connectivity index (χ0n) is 15.0. The first-order valence-electron chi connectivity index (χ1n) is 9.06. The Morgan fingerprint density at radius 3 is 2.62 bits per heavy atom. The van der Waals surface area contributed by atoms with E-state index in [1.165, 1.54) is 5.56 Å². The molecule has 4 nitrogen and oxygen atoms in total. The summed E-state index contributed by atoms with van der Waals surface area (Å²) in [5.74, 6) is 0.573. The van der Waals surface area contributed by atoms with Crippen molar-refractivity contribution in [2.24, 2.45) is 0 Å². The number of hydrogen-bond acceptors (Lipinski definition) is 3. The van der Waals surface area contributed by atoms with Crippen LogP contribution in [0.4, 0.5) is 0 Å².